The van der Waals surface area contributed by atoms with E-state index < -0.39 is 10.8 Å². The molecular weight excluding hydrogens is 436 g/mol. The molecule has 0 aromatic heterocycles. The molecule has 0 saturated heterocycles. The van der Waals surface area contributed by atoms with E-state index in [9.17, 15) is 14.7 Å². The first-order valence-electron chi connectivity index (χ1n) is 14.1. The van der Waals surface area contributed by atoms with Crippen molar-refractivity contribution < 1.29 is 19.4 Å². The number of hydrogen-bond donors (Lipinski definition) is 1. The highest BCUT2D eigenvalue weighted by Gasteiger charge is 2.70. The first-order chi connectivity index (χ1) is 16.1. The van der Waals surface area contributed by atoms with Gasteiger partial charge in [0.25, 0.3) is 0 Å². The summed E-state index contributed by atoms with van der Waals surface area (Å²) >= 11 is 0. The summed E-state index contributed by atoms with van der Waals surface area (Å²) in [6.45, 7) is 16.3. The number of carbonyl (C=O) groups is 2. The van der Waals surface area contributed by atoms with Crippen LogP contribution < -0.4 is 0 Å². The van der Waals surface area contributed by atoms with Gasteiger partial charge in [-0.15, -0.1) is 0 Å². The van der Waals surface area contributed by atoms with Gasteiger partial charge in [-0.1, -0.05) is 60.1 Å². The van der Waals surface area contributed by atoms with Gasteiger partial charge in [0, 0.05) is 11.8 Å². The highest BCUT2D eigenvalue weighted by atomic mass is 16.5. The Morgan fingerprint density at radius 2 is 1.66 bits per heavy atom. The third-order valence-corrected chi connectivity index (χ3v) is 13.1. The molecule has 35 heavy (non-hydrogen) atoms. The molecule has 0 unspecified atom stereocenters. The highest BCUT2D eigenvalue weighted by Crippen LogP contribution is 2.75. The van der Waals surface area contributed by atoms with Crippen LogP contribution in [-0.4, -0.2) is 30.1 Å². The van der Waals surface area contributed by atoms with Gasteiger partial charge >= 0.3 is 5.97 Å². The molecule has 4 heteroatoms. The summed E-state index contributed by atoms with van der Waals surface area (Å²) in [5.74, 6) is 1.20. The molecule has 5 aliphatic carbocycles. The number of hydrogen-bond acceptors (Lipinski definition) is 4. The maximum Gasteiger partial charge on any atom is 0.312 e. The topological polar surface area (TPSA) is 63.6 Å². The van der Waals surface area contributed by atoms with Gasteiger partial charge < -0.3 is 9.84 Å². The van der Waals surface area contributed by atoms with Crippen LogP contribution >= 0.6 is 0 Å². The normalized spacial score (nSPS) is 50.1. The second kappa shape index (κ2) is 7.45. The number of esters is 1. The van der Waals surface area contributed by atoms with Crippen molar-refractivity contribution in [2.24, 2.45) is 50.2 Å². The van der Waals surface area contributed by atoms with E-state index in [4.69, 9.17) is 4.74 Å². The van der Waals surface area contributed by atoms with E-state index in [2.05, 4.69) is 54.5 Å². The molecule has 0 aromatic carbocycles. The van der Waals surface area contributed by atoms with E-state index in [1.807, 2.05) is 0 Å². The van der Waals surface area contributed by atoms with Crippen molar-refractivity contribution in [3.63, 3.8) is 0 Å². The highest BCUT2D eigenvalue weighted by molar-refractivity contribution is 5.92. The molecule has 196 valence electrons. The summed E-state index contributed by atoms with van der Waals surface area (Å²) in [5, 5.41) is 10.9. The summed E-state index contributed by atoms with van der Waals surface area (Å²) in [5.41, 5.74) is 0.655. The Bertz CT molecular complexity index is 976. The number of allylic oxidation sites excluding steroid dienone is 2. The fourth-order valence-electron chi connectivity index (χ4n) is 10.6. The van der Waals surface area contributed by atoms with Gasteiger partial charge in [-0.2, -0.15) is 0 Å². The molecule has 4 nitrogen and oxygen atoms in total. The molecule has 4 saturated carbocycles. The molecule has 0 aromatic rings. The van der Waals surface area contributed by atoms with Gasteiger partial charge in [0.05, 0.1) is 18.6 Å². The van der Waals surface area contributed by atoms with Gasteiger partial charge in [-0.05, 0) is 90.8 Å². The number of aliphatic hydroxyl groups excluding tert-OH is 1. The number of carbonyl (C=O) groups excluding carboxylic acids is 2. The first kappa shape index (κ1) is 25.5. The molecule has 0 radical (unpaired) electrons. The minimum Gasteiger partial charge on any atom is -0.469 e. The predicted octanol–water partition coefficient (Wildman–Crippen LogP) is 6.50. The molecule has 0 heterocycles. The Morgan fingerprint density at radius 1 is 0.971 bits per heavy atom. The van der Waals surface area contributed by atoms with Crippen molar-refractivity contribution in [2.45, 2.75) is 112 Å². The Morgan fingerprint density at radius 3 is 2.31 bits per heavy atom. The lowest BCUT2D eigenvalue weighted by Gasteiger charge is -2.71. The average molecular weight is 485 g/mol. The zero-order valence-electron chi connectivity index (χ0n) is 23.4. The summed E-state index contributed by atoms with van der Waals surface area (Å²) in [6, 6.07) is 0. The van der Waals surface area contributed by atoms with Gasteiger partial charge in [-0.25, -0.2) is 0 Å². The standard InChI is InChI=1S/C31H48O4/c1-26(2)17-20-19-9-10-22-28(5)13-12-23(32)27(3,4)21(28)11-14-30(22,7)29(19,6)15-16-31(20,18-24(26)33)25(34)35-8/h9,20-23,32H,10-18H2,1-8H3/t20-,21-,22+,23-,28-,29+,30+,31+/m0/s1. The van der Waals surface area contributed by atoms with Gasteiger partial charge in [0.1, 0.15) is 5.78 Å². The second-order valence-electron chi connectivity index (χ2n) is 15.1. The minimum atomic E-state index is -0.700. The number of aliphatic hydroxyl groups is 1. The summed E-state index contributed by atoms with van der Waals surface area (Å²) in [7, 11) is 1.49. The summed E-state index contributed by atoms with van der Waals surface area (Å²) < 4.78 is 5.39. The minimum absolute atomic E-state index is 0.0166. The summed E-state index contributed by atoms with van der Waals surface area (Å²) in [4.78, 5) is 26.5. The van der Waals surface area contributed by atoms with Crippen molar-refractivity contribution in [3.8, 4) is 0 Å². The monoisotopic (exact) mass is 484 g/mol. The molecule has 0 spiro atoms. The maximum absolute atomic E-state index is 13.3. The maximum atomic E-state index is 13.3. The van der Waals surface area contributed by atoms with E-state index in [1.54, 1.807) is 0 Å². The fraction of sp³-hybridized carbons (Fsp3) is 0.871. The molecule has 5 rings (SSSR count). The van der Waals surface area contributed by atoms with Crippen molar-refractivity contribution in [1.29, 1.82) is 0 Å². The molecular formula is C31H48O4. The number of Topliss-reactive ketones (excluding diaryl/α,β-unsaturated/α-hetero) is 1. The van der Waals surface area contributed by atoms with E-state index in [0.29, 0.717) is 18.3 Å². The van der Waals surface area contributed by atoms with Gasteiger partial charge in [-0.3, -0.25) is 9.59 Å². The molecule has 5 aliphatic rings. The van der Waals surface area contributed by atoms with Crippen LogP contribution in [0.2, 0.25) is 0 Å². The molecule has 0 aliphatic heterocycles. The average Bonchev–Trinajstić information content (AvgIpc) is 2.77. The largest absolute Gasteiger partial charge is 0.469 e. The Labute approximate surface area is 212 Å². The van der Waals surface area contributed by atoms with Crippen molar-refractivity contribution in [1.82, 2.24) is 0 Å². The van der Waals surface area contributed by atoms with Crippen LogP contribution in [0.1, 0.15) is 106 Å². The van der Waals surface area contributed by atoms with E-state index in [1.165, 1.54) is 19.1 Å². The lowest BCUT2D eigenvalue weighted by molar-refractivity contribution is -0.205. The first-order valence-corrected chi connectivity index (χ1v) is 14.1. The van der Waals surface area contributed by atoms with E-state index in [-0.39, 0.29) is 45.4 Å². The fourth-order valence-corrected chi connectivity index (χ4v) is 10.6. The van der Waals surface area contributed by atoms with Crippen molar-refractivity contribution >= 4 is 11.8 Å². The number of ether oxygens (including phenoxy) is 1. The van der Waals surface area contributed by atoms with Crippen LogP contribution in [0, 0.1) is 50.2 Å². The van der Waals surface area contributed by atoms with Gasteiger partial charge in [0.15, 0.2) is 0 Å². The number of ketones is 1. The number of rotatable bonds is 1. The van der Waals surface area contributed by atoms with Crippen LogP contribution in [0.5, 0.6) is 0 Å². The molecule has 4 fully saturated rings. The third-order valence-electron chi connectivity index (χ3n) is 13.1. The van der Waals surface area contributed by atoms with Crippen molar-refractivity contribution in [3.05, 3.63) is 11.6 Å². The Kier molecular flexibility index (Phi) is 5.43. The summed E-state index contributed by atoms with van der Waals surface area (Å²) in [6.07, 6.45) is 10.4. The van der Waals surface area contributed by atoms with Crippen LogP contribution in [-0.2, 0) is 14.3 Å². The SMILES string of the molecule is COC(=O)[C@@]12CC[C@]3(C)C(=CC[C@@H]4[C@@]5(C)CC[C@H](O)C(C)(C)[C@@H]5CC[C@]43C)[C@@H]1CC(C)(C)C(=O)C2. The van der Waals surface area contributed by atoms with E-state index >= 15 is 0 Å². The Hall–Kier alpha value is -1.16. The molecule has 8 atom stereocenters. The molecule has 1 N–H and O–H groups in total. The second-order valence-corrected chi connectivity index (χ2v) is 15.1. The third kappa shape index (κ3) is 3.01. The van der Waals surface area contributed by atoms with Crippen LogP contribution in [0.15, 0.2) is 11.6 Å². The molecule has 0 amide bonds. The number of methoxy groups -OCH3 is 1. The molecule has 0 bridgehead atoms. The lowest BCUT2D eigenvalue weighted by Crippen LogP contribution is -2.65. The quantitative estimate of drug-likeness (QED) is 0.341. The van der Waals surface area contributed by atoms with Crippen LogP contribution in [0.3, 0.4) is 0 Å². The lowest BCUT2D eigenvalue weighted by atomic mass is 9.33. The smallest absolute Gasteiger partial charge is 0.312 e. The van der Waals surface area contributed by atoms with E-state index in [0.717, 1.165) is 44.9 Å². The predicted molar refractivity (Wildman–Crippen MR) is 137 cm³/mol. The van der Waals surface area contributed by atoms with Crippen LogP contribution in [0.4, 0.5) is 0 Å². The zero-order chi connectivity index (χ0) is 25.8. The zero-order valence-corrected chi connectivity index (χ0v) is 23.4. The van der Waals surface area contributed by atoms with Crippen LogP contribution in [0.25, 0.3) is 0 Å². The van der Waals surface area contributed by atoms with Gasteiger partial charge in [0.2, 0.25) is 0 Å². The van der Waals surface area contributed by atoms with Crippen molar-refractivity contribution in [2.75, 3.05) is 7.11 Å². The Balaban J connectivity index is 1.61. The number of fused-ring (bicyclic) bond motifs is 7.